The van der Waals surface area contributed by atoms with Gasteiger partial charge in [-0.25, -0.2) is 9.78 Å². The number of ether oxygens (including phenoxy) is 2. The van der Waals surface area contributed by atoms with E-state index in [0.29, 0.717) is 25.3 Å². The predicted molar refractivity (Wildman–Crippen MR) is 128 cm³/mol. The molecule has 5 aromatic rings. The number of carbonyl (C=O) groups is 1. The van der Waals surface area contributed by atoms with Gasteiger partial charge in [-0.05, 0) is 61.0 Å². The fourth-order valence-corrected chi connectivity index (χ4v) is 4.42. The number of carboxylic acid groups (broad SMARTS) is 1. The molecule has 33 heavy (non-hydrogen) atoms. The van der Waals surface area contributed by atoms with Crippen molar-refractivity contribution in [2.75, 3.05) is 13.7 Å². The first-order chi connectivity index (χ1) is 16.1. The number of methoxy groups -OCH3 is 1. The zero-order valence-electron chi connectivity index (χ0n) is 18.6. The standard InChI is InChI=1S/C26H25N3O4/c1-3-29-23-7-4-17(12-20(23)21-14-19(32-2)6-9-24(21)29)15-33-11-10-28-16-27-22-13-18(26(30)31)5-8-25(22)28/h4-9,12-14,16H,3,10-11,15H2,1-2H3,(H,30,31). The molecule has 168 valence electrons. The molecule has 0 aliphatic rings. The molecule has 0 atom stereocenters. The summed E-state index contributed by atoms with van der Waals surface area (Å²) in [7, 11) is 1.69. The maximum atomic E-state index is 11.1. The number of aromatic nitrogens is 3. The van der Waals surface area contributed by atoms with Crippen LogP contribution in [-0.4, -0.2) is 38.9 Å². The molecule has 0 fully saturated rings. The third-order valence-electron chi connectivity index (χ3n) is 6.07. The number of carboxylic acids is 1. The predicted octanol–water partition coefficient (Wildman–Crippen LogP) is 5.09. The van der Waals surface area contributed by atoms with Gasteiger partial charge < -0.3 is 23.7 Å². The average Bonchev–Trinajstić information content (AvgIpc) is 3.39. The summed E-state index contributed by atoms with van der Waals surface area (Å²) in [6, 6.07) is 17.7. The first kappa shape index (κ1) is 21.0. The fourth-order valence-electron chi connectivity index (χ4n) is 4.42. The van der Waals surface area contributed by atoms with Crippen molar-refractivity contribution in [3.05, 3.63) is 72.1 Å². The van der Waals surface area contributed by atoms with E-state index < -0.39 is 5.97 Å². The molecule has 0 amide bonds. The van der Waals surface area contributed by atoms with Gasteiger partial charge in [0.25, 0.3) is 0 Å². The molecule has 5 rings (SSSR count). The van der Waals surface area contributed by atoms with E-state index in [1.165, 1.54) is 21.8 Å². The Kier molecular flexibility index (Phi) is 5.48. The maximum absolute atomic E-state index is 11.1. The van der Waals surface area contributed by atoms with Crippen LogP contribution in [0.5, 0.6) is 5.75 Å². The number of rotatable bonds is 8. The van der Waals surface area contributed by atoms with Crippen molar-refractivity contribution in [2.45, 2.75) is 26.6 Å². The second-order valence-electron chi connectivity index (χ2n) is 7.98. The molecule has 0 aliphatic carbocycles. The van der Waals surface area contributed by atoms with Gasteiger partial charge in [-0.3, -0.25) is 0 Å². The Morgan fingerprint density at radius 1 is 1.00 bits per heavy atom. The second-order valence-corrected chi connectivity index (χ2v) is 7.98. The lowest BCUT2D eigenvalue weighted by Crippen LogP contribution is -2.05. The van der Waals surface area contributed by atoms with Crippen LogP contribution in [0.25, 0.3) is 32.8 Å². The third-order valence-corrected chi connectivity index (χ3v) is 6.07. The third kappa shape index (κ3) is 3.81. The molecule has 1 N–H and O–H groups in total. The van der Waals surface area contributed by atoms with Gasteiger partial charge in [-0.2, -0.15) is 0 Å². The molecule has 0 bridgehead atoms. The van der Waals surface area contributed by atoms with Crippen molar-refractivity contribution in [1.29, 1.82) is 0 Å². The van der Waals surface area contributed by atoms with Gasteiger partial charge in [0, 0.05) is 34.9 Å². The summed E-state index contributed by atoms with van der Waals surface area (Å²) >= 11 is 0. The van der Waals surface area contributed by atoms with E-state index in [9.17, 15) is 4.79 Å². The van der Waals surface area contributed by atoms with Crippen LogP contribution < -0.4 is 4.74 Å². The van der Waals surface area contributed by atoms with Crippen molar-refractivity contribution < 1.29 is 19.4 Å². The highest BCUT2D eigenvalue weighted by molar-refractivity contribution is 6.08. The molecule has 0 saturated carbocycles. The molecule has 7 heteroatoms. The van der Waals surface area contributed by atoms with Gasteiger partial charge in [-0.15, -0.1) is 0 Å². The number of benzene rings is 3. The first-order valence-corrected chi connectivity index (χ1v) is 10.9. The summed E-state index contributed by atoms with van der Waals surface area (Å²) in [4.78, 5) is 15.5. The van der Waals surface area contributed by atoms with E-state index in [1.807, 2.05) is 10.6 Å². The lowest BCUT2D eigenvalue weighted by atomic mass is 10.1. The number of aromatic carboxylic acids is 1. The Hall–Kier alpha value is -3.84. The minimum Gasteiger partial charge on any atom is -0.497 e. The molecule has 0 spiro atoms. The normalized spacial score (nSPS) is 11.6. The van der Waals surface area contributed by atoms with E-state index in [-0.39, 0.29) is 5.56 Å². The number of aryl methyl sites for hydroxylation is 1. The minimum absolute atomic E-state index is 0.237. The summed E-state index contributed by atoms with van der Waals surface area (Å²) < 4.78 is 15.7. The summed E-state index contributed by atoms with van der Waals surface area (Å²) in [6.45, 7) is 4.72. The topological polar surface area (TPSA) is 78.5 Å². The van der Waals surface area contributed by atoms with Crippen LogP contribution in [0.1, 0.15) is 22.8 Å². The van der Waals surface area contributed by atoms with Gasteiger partial charge in [0.15, 0.2) is 0 Å². The van der Waals surface area contributed by atoms with Crippen LogP contribution >= 0.6 is 0 Å². The Morgan fingerprint density at radius 3 is 2.52 bits per heavy atom. The fraction of sp³-hybridized carbons (Fsp3) is 0.231. The summed E-state index contributed by atoms with van der Waals surface area (Å²) in [5.74, 6) is -0.102. The highest BCUT2D eigenvalue weighted by atomic mass is 16.5. The molecular formula is C26H25N3O4. The molecular weight excluding hydrogens is 418 g/mol. The van der Waals surface area contributed by atoms with Crippen molar-refractivity contribution in [2.24, 2.45) is 0 Å². The lowest BCUT2D eigenvalue weighted by molar-refractivity contribution is 0.0697. The highest BCUT2D eigenvalue weighted by Crippen LogP contribution is 2.32. The maximum Gasteiger partial charge on any atom is 0.335 e. The van der Waals surface area contributed by atoms with Crippen molar-refractivity contribution in [3.63, 3.8) is 0 Å². The Balaban J connectivity index is 1.31. The quantitative estimate of drug-likeness (QED) is 0.338. The number of hydrogen-bond donors (Lipinski definition) is 1. The monoisotopic (exact) mass is 443 g/mol. The number of imidazole rings is 1. The Bertz CT molecular complexity index is 1480. The largest absolute Gasteiger partial charge is 0.497 e. The lowest BCUT2D eigenvalue weighted by Gasteiger charge is -2.08. The van der Waals surface area contributed by atoms with Crippen molar-refractivity contribution in [3.8, 4) is 5.75 Å². The van der Waals surface area contributed by atoms with Crippen LogP contribution in [-0.2, 0) is 24.4 Å². The highest BCUT2D eigenvalue weighted by Gasteiger charge is 2.12. The molecule has 2 heterocycles. The second kappa shape index (κ2) is 8.60. The van der Waals surface area contributed by atoms with Gasteiger partial charge >= 0.3 is 5.97 Å². The first-order valence-electron chi connectivity index (χ1n) is 10.9. The molecule has 0 unspecified atom stereocenters. The summed E-state index contributed by atoms with van der Waals surface area (Å²) in [6.07, 6.45) is 1.72. The number of nitrogens with zero attached hydrogens (tertiary/aromatic N) is 3. The molecule has 0 saturated heterocycles. The molecule has 3 aromatic carbocycles. The van der Waals surface area contributed by atoms with E-state index in [0.717, 1.165) is 23.4 Å². The van der Waals surface area contributed by atoms with Crippen molar-refractivity contribution in [1.82, 2.24) is 14.1 Å². The Morgan fingerprint density at radius 2 is 1.76 bits per heavy atom. The van der Waals surface area contributed by atoms with Crippen LogP contribution in [0.2, 0.25) is 0 Å². The molecule has 2 aromatic heterocycles. The average molecular weight is 444 g/mol. The smallest absolute Gasteiger partial charge is 0.335 e. The van der Waals surface area contributed by atoms with Gasteiger partial charge in [-0.1, -0.05) is 6.07 Å². The molecule has 0 radical (unpaired) electrons. The van der Waals surface area contributed by atoms with Crippen LogP contribution in [0, 0.1) is 0 Å². The van der Waals surface area contributed by atoms with E-state index in [1.54, 1.807) is 31.6 Å². The molecule has 7 nitrogen and oxygen atoms in total. The van der Waals surface area contributed by atoms with E-state index >= 15 is 0 Å². The summed E-state index contributed by atoms with van der Waals surface area (Å²) in [5, 5.41) is 11.5. The zero-order chi connectivity index (χ0) is 22.9. The van der Waals surface area contributed by atoms with Gasteiger partial charge in [0.05, 0.1) is 43.2 Å². The van der Waals surface area contributed by atoms with E-state index in [4.69, 9.17) is 14.6 Å². The SMILES string of the molecule is CCn1c2ccc(COCCn3cnc4cc(C(=O)O)ccc43)cc2c2cc(OC)ccc21. The minimum atomic E-state index is -0.952. The summed E-state index contributed by atoms with van der Waals surface area (Å²) in [5.41, 5.74) is 5.32. The zero-order valence-corrected chi connectivity index (χ0v) is 18.6. The number of hydrogen-bond acceptors (Lipinski definition) is 4. The van der Waals surface area contributed by atoms with E-state index in [2.05, 4.69) is 46.8 Å². The Labute approximate surface area is 190 Å². The molecule has 0 aliphatic heterocycles. The van der Waals surface area contributed by atoms with Gasteiger partial charge in [0.2, 0.25) is 0 Å². The van der Waals surface area contributed by atoms with Crippen LogP contribution in [0.3, 0.4) is 0 Å². The van der Waals surface area contributed by atoms with Gasteiger partial charge in [0.1, 0.15) is 5.75 Å². The van der Waals surface area contributed by atoms with Crippen molar-refractivity contribution >= 4 is 38.8 Å². The van der Waals surface area contributed by atoms with Crippen LogP contribution in [0.15, 0.2) is 60.9 Å². The van der Waals surface area contributed by atoms with Crippen LogP contribution in [0.4, 0.5) is 0 Å². The number of fused-ring (bicyclic) bond motifs is 4.